The summed E-state index contributed by atoms with van der Waals surface area (Å²) in [5.74, 6) is -1.65. The average molecular weight is 460 g/mol. The van der Waals surface area contributed by atoms with Crippen molar-refractivity contribution in [2.24, 2.45) is 0 Å². The topological polar surface area (TPSA) is 52.6 Å². The van der Waals surface area contributed by atoms with Crippen LogP contribution >= 0.6 is 0 Å². The van der Waals surface area contributed by atoms with Crippen LogP contribution in [0.4, 0.5) is 26.3 Å². The molecule has 31 heavy (non-hydrogen) atoms. The Balaban J connectivity index is 3.82. The number of esters is 2. The number of alkyl halides is 6. The van der Waals surface area contributed by atoms with Gasteiger partial charge >= 0.3 is 24.0 Å². The van der Waals surface area contributed by atoms with Gasteiger partial charge in [-0.05, 0) is 6.42 Å². The molecule has 1 unspecified atom stereocenters. The van der Waals surface area contributed by atoms with Crippen molar-refractivity contribution in [1.82, 2.24) is 0 Å². The van der Waals surface area contributed by atoms with Gasteiger partial charge in [0.25, 0.3) is 6.17 Å². The lowest BCUT2D eigenvalue weighted by Gasteiger charge is -2.22. The molecule has 0 amide bonds. The Bertz CT molecular complexity index is 581. The van der Waals surface area contributed by atoms with Crippen LogP contribution in [0.25, 0.3) is 0 Å². The molecule has 0 heterocycles. The van der Waals surface area contributed by atoms with Crippen molar-refractivity contribution in [3.05, 3.63) is 0 Å². The molecule has 0 aliphatic carbocycles. The predicted octanol–water partition coefficient (Wildman–Crippen LogP) is 5.92. The molecule has 0 rings (SSSR count). The first-order valence-electron chi connectivity index (χ1n) is 10.4. The van der Waals surface area contributed by atoms with Gasteiger partial charge < -0.3 is 9.47 Å². The van der Waals surface area contributed by atoms with Crippen LogP contribution in [0.3, 0.4) is 0 Å². The van der Waals surface area contributed by atoms with Crippen LogP contribution in [0.15, 0.2) is 0 Å². The number of ether oxygens (including phenoxy) is 2. The highest BCUT2D eigenvalue weighted by atomic mass is 19.4. The molecule has 1 atom stereocenters. The third-order valence-corrected chi connectivity index (χ3v) is 4.20. The lowest BCUT2D eigenvalue weighted by atomic mass is 10.1. The van der Waals surface area contributed by atoms with Gasteiger partial charge in [-0.15, -0.1) is 0 Å². The molecule has 180 valence electrons. The van der Waals surface area contributed by atoms with Gasteiger partial charge in [0.05, 0.1) is 12.8 Å². The number of hydrogen-bond donors (Lipinski definition) is 0. The first-order chi connectivity index (χ1) is 14.5. The van der Waals surface area contributed by atoms with Crippen molar-refractivity contribution < 1.29 is 45.4 Å². The van der Waals surface area contributed by atoms with E-state index in [1.807, 2.05) is 0 Å². The Morgan fingerprint density at radius 1 is 0.806 bits per heavy atom. The highest BCUT2D eigenvalue weighted by Crippen LogP contribution is 2.35. The molecule has 0 aliphatic rings. The SMILES string of the molecule is CCCCCCCCCCC#CCOC(=O)CCC(=O)OCC(F)(F)C(F)C(F)(F)F. The highest BCUT2D eigenvalue weighted by Gasteiger charge is 2.57. The van der Waals surface area contributed by atoms with E-state index in [1.165, 1.54) is 32.1 Å². The van der Waals surface area contributed by atoms with Crippen molar-refractivity contribution in [2.45, 2.75) is 95.8 Å². The summed E-state index contributed by atoms with van der Waals surface area (Å²) in [5.41, 5.74) is 0. The fourth-order valence-corrected chi connectivity index (χ4v) is 2.44. The normalized spacial score (nSPS) is 12.6. The summed E-state index contributed by atoms with van der Waals surface area (Å²) >= 11 is 0. The largest absolute Gasteiger partial charge is 0.459 e. The van der Waals surface area contributed by atoms with E-state index in [0.717, 1.165) is 19.3 Å². The van der Waals surface area contributed by atoms with Gasteiger partial charge in [-0.2, -0.15) is 22.0 Å². The fourth-order valence-electron chi connectivity index (χ4n) is 2.44. The third-order valence-electron chi connectivity index (χ3n) is 4.20. The second kappa shape index (κ2) is 15.8. The van der Waals surface area contributed by atoms with Crippen LogP contribution in [0.1, 0.15) is 77.6 Å². The number of carbonyl (C=O) groups excluding carboxylic acids is 2. The molecule has 0 saturated carbocycles. The quantitative estimate of drug-likeness (QED) is 0.132. The molecule has 0 saturated heterocycles. The van der Waals surface area contributed by atoms with Crippen LogP contribution in [0, 0.1) is 11.8 Å². The molecule has 0 N–H and O–H groups in total. The monoisotopic (exact) mass is 460 g/mol. The van der Waals surface area contributed by atoms with E-state index in [2.05, 4.69) is 23.5 Å². The van der Waals surface area contributed by atoms with Crippen LogP contribution < -0.4 is 0 Å². The van der Waals surface area contributed by atoms with Gasteiger partial charge in [-0.3, -0.25) is 9.59 Å². The third kappa shape index (κ3) is 15.5. The Morgan fingerprint density at radius 2 is 1.32 bits per heavy atom. The second-order valence-corrected chi connectivity index (χ2v) is 7.06. The standard InChI is InChI=1S/C21H30F6O4/c1-2-3-4-5-6-7-8-9-10-11-12-15-30-17(28)13-14-18(29)31-16-20(23,24)19(22)21(25,26)27/h19H,2-10,13-16H2,1H3. The summed E-state index contributed by atoms with van der Waals surface area (Å²) in [4.78, 5) is 22.7. The van der Waals surface area contributed by atoms with Gasteiger partial charge in [0.15, 0.2) is 13.2 Å². The Morgan fingerprint density at radius 3 is 1.87 bits per heavy atom. The number of unbranched alkanes of at least 4 members (excludes halogenated alkanes) is 8. The van der Waals surface area contributed by atoms with Crippen LogP contribution in [0.2, 0.25) is 0 Å². The molecule has 0 aromatic carbocycles. The van der Waals surface area contributed by atoms with E-state index in [4.69, 9.17) is 4.74 Å². The molecule has 0 fully saturated rings. The fraction of sp³-hybridized carbons (Fsp3) is 0.810. The van der Waals surface area contributed by atoms with Crippen LogP contribution in [-0.4, -0.2) is 43.4 Å². The predicted molar refractivity (Wildman–Crippen MR) is 102 cm³/mol. The molecule has 0 aromatic heterocycles. The maximum atomic E-state index is 13.0. The minimum Gasteiger partial charge on any atom is -0.459 e. The van der Waals surface area contributed by atoms with Crippen molar-refractivity contribution in [1.29, 1.82) is 0 Å². The molecule has 4 nitrogen and oxygen atoms in total. The molecule has 0 aliphatic heterocycles. The average Bonchev–Trinajstić information content (AvgIpc) is 2.70. The van der Waals surface area contributed by atoms with Crippen molar-refractivity contribution in [3.63, 3.8) is 0 Å². The summed E-state index contributed by atoms with van der Waals surface area (Å²) in [6.07, 6.45) is -1.40. The molecule has 0 spiro atoms. The Labute approximate surface area is 179 Å². The van der Waals surface area contributed by atoms with E-state index in [9.17, 15) is 35.9 Å². The van der Waals surface area contributed by atoms with E-state index < -0.39 is 49.7 Å². The van der Waals surface area contributed by atoms with Gasteiger partial charge in [-0.25, -0.2) is 4.39 Å². The zero-order chi connectivity index (χ0) is 23.8. The van der Waals surface area contributed by atoms with Gasteiger partial charge in [0, 0.05) is 6.42 Å². The first-order valence-corrected chi connectivity index (χ1v) is 10.4. The number of carbonyl (C=O) groups is 2. The molecule has 0 radical (unpaired) electrons. The van der Waals surface area contributed by atoms with E-state index in [0.29, 0.717) is 6.42 Å². The van der Waals surface area contributed by atoms with Gasteiger partial charge in [-0.1, -0.05) is 63.7 Å². The maximum absolute atomic E-state index is 13.0. The van der Waals surface area contributed by atoms with Crippen molar-refractivity contribution >= 4 is 11.9 Å². The molecular weight excluding hydrogens is 430 g/mol. The van der Waals surface area contributed by atoms with E-state index in [1.54, 1.807) is 0 Å². The molecule has 0 aromatic rings. The maximum Gasteiger partial charge on any atom is 0.425 e. The molecule has 10 heteroatoms. The van der Waals surface area contributed by atoms with Crippen molar-refractivity contribution in [3.8, 4) is 11.8 Å². The number of rotatable bonds is 15. The first kappa shape index (κ1) is 29.1. The van der Waals surface area contributed by atoms with Gasteiger partial charge in [0.1, 0.15) is 0 Å². The minimum atomic E-state index is -5.78. The van der Waals surface area contributed by atoms with Crippen LogP contribution in [-0.2, 0) is 19.1 Å². The van der Waals surface area contributed by atoms with Crippen molar-refractivity contribution in [2.75, 3.05) is 13.2 Å². The summed E-state index contributed by atoms with van der Waals surface area (Å²) in [7, 11) is 0. The van der Waals surface area contributed by atoms with Gasteiger partial charge in [0.2, 0.25) is 0 Å². The van der Waals surface area contributed by atoms with Crippen LogP contribution in [0.5, 0.6) is 0 Å². The zero-order valence-corrected chi connectivity index (χ0v) is 17.7. The summed E-state index contributed by atoms with van der Waals surface area (Å²) in [6, 6.07) is 0. The summed E-state index contributed by atoms with van der Waals surface area (Å²) in [6.45, 7) is -0.104. The lowest BCUT2D eigenvalue weighted by Crippen LogP contribution is -2.45. The van der Waals surface area contributed by atoms with E-state index in [-0.39, 0.29) is 6.61 Å². The highest BCUT2D eigenvalue weighted by molar-refractivity contribution is 5.77. The zero-order valence-electron chi connectivity index (χ0n) is 17.7. The molecule has 0 bridgehead atoms. The molecular formula is C21H30F6O4. The minimum absolute atomic E-state index is 0.196. The summed E-state index contributed by atoms with van der Waals surface area (Å²) in [5, 5.41) is 0. The summed E-state index contributed by atoms with van der Waals surface area (Å²) < 4.78 is 83.2. The Hall–Kier alpha value is -1.92. The van der Waals surface area contributed by atoms with E-state index >= 15 is 0 Å². The number of halogens is 6. The second-order valence-electron chi connectivity index (χ2n) is 7.06. The lowest BCUT2D eigenvalue weighted by molar-refractivity contribution is -0.254. The Kier molecular flexibility index (Phi) is 14.8. The number of hydrogen-bond acceptors (Lipinski definition) is 4. The smallest absolute Gasteiger partial charge is 0.425 e.